The molecule has 0 aliphatic rings. The molecule has 130 valence electrons. The van der Waals surface area contributed by atoms with Crippen LogP contribution in [0, 0.1) is 0 Å². The molecule has 0 unspecified atom stereocenters. The summed E-state index contributed by atoms with van der Waals surface area (Å²) in [5.41, 5.74) is 2.97. The second-order valence-corrected chi connectivity index (χ2v) is 5.81. The van der Waals surface area contributed by atoms with Gasteiger partial charge in [0.15, 0.2) is 5.11 Å². The smallest absolute Gasteiger partial charge is 0.250 e. The molecule has 0 heterocycles. The van der Waals surface area contributed by atoms with Gasteiger partial charge >= 0.3 is 0 Å². The number of hydrogen-bond acceptors (Lipinski definition) is 3. The Morgan fingerprint density at radius 2 is 1.68 bits per heavy atom. The van der Waals surface area contributed by atoms with Crippen molar-refractivity contribution in [3.63, 3.8) is 0 Å². The van der Waals surface area contributed by atoms with E-state index in [9.17, 15) is 4.79 Å². The molecule has 25 heavy (non-hydrogen) atoms. The summed E-state index contributed by atoms with van der Waals surface area (Å²) in [5, 5.41) is 5.94. The van der Waals surface area contributed by atoms with Gasteiger partial charge in [-0.2, -0.15) is 0 Å². The molecule has 0 aliphatic carbocycles. The summed E-state index contributed by atoms with van der Waals surface area (Å²) < 4.78 is 0. The highest BCUT2D eigenvalue weighted by Gasteiger charge is 2.04. The number of thiocarbonyl (C=S) groups is 1. The van der Waals surface area contributed by atoms with E-state index in [1.54, 1.807) is 6.08 Å². The quantitative estimate of drug-likeness (QED) is 0.607. The molecule has 0 fully saturated rings. The van der Waals surface area contributed by atoms with Crippen molar-refractivity contribution < 1.29 is 4.79 Å². The van der Waals surface area contributed by atoms with Crippen molar-refractivity contribution >= 4 is 40.7 Å². The molecule has 2 aromatic carbocycles. The average molecular weight is 353 g/mol. The predicted octanol–water partition coefficient (Wildman–Crippen LogP) is 4.06. The summed E-state index contributed by atoms with van der Waals surface area (Å²) >= 11 is 5.19. The van der Waals surface area contributed by atoms with Crippen LogP contribution >= 0.6 is 12.2 Å². The van der Waals surface area contributed by atoms with Gasteiger partial charge in [-0.25, -0.2) is 0 Å². The topological polar surface area (TPSA) is 44.4 Å². The van der Waals surface area contributed by atoms with Crippen LogP contribution in [0.2, 0.25) is 0 Å². The van der Waals surface area contributed by atoms with Gasteiger partial charge in [0.1, 0.15) is 0 Å². The van der Waals surface area contributed by atoms with Crippen molar-refractivity contribution in [3.8, 4) is 0 Å². The van der Waals surface area contributed by atoms with Crippen LogP contribution in [-0.2, 0) is 4.79 Å². The molecular formula is C20H23N3OS. The predicted molar refractivity (Wildman–Crippen MR) is 110 cm³/mol. The number of anilines is 2. The van der Waals surface area contributed by atoms with Gasteiger partial charge in [-0.15, -0.1) is 0 Å². The van der Waals surface area contributed by atoms with E-state index in [0.29, 0.717) is 0 Å². The van der Waals surface area contributed by atoms with Crippen LogP contribution in [-0.4, -0.2) is 24.1 Å². The second kappa shape index (κ2) is 9.59. The van der Waals surface area contributed by atoms with Crippen molar-refractivity contribution in [2.24, 2.45) is 0 Å². The van der Waals surface area contributed by atoms with Crippen LogP contribution in [0.25, 0.3) is 6.08 Å². The monoisotopic (exact) mass is 353 g/mol. The van der Waals surface area contributed by atoms with E-state index in [2.05, 4.69) is 29.4 Å². The van der Waals surface area contributed by atoms with E-state index < -0.39 is 0 Å². The minimum atomic E-state index is -0.263. The highest BCUT2D eigenvalue weighted by Crippen LogP contribution is 2.17. The van der Waals surface area contributed by atoms with E-state index in [-0.39, 0.29) is 11.0 Å². The van der Waals surface area contributed by atoms with Gasteiger partial charge < -0.3 is 10.2 Å². The number of nitrogens with zero attached hydrogens (tertiary/aromatic N) is 1. The Bertz CT molecular complexity index is 722. The Labute approximate surface area is 154 Å². The summed E-state index contributed by atoms with van der Waals surface area (Å²) in [4.78, 5) is 14.2. The van der Waals surface area contributed by atoms with E-state index in [1.807, 2.05) is 54.6 Å². The highest BCUT2D eigenvalue weighted by atomic mass is 32.1. The lowest BCUT2D eigenvalue weighted by atomic mass is 10.2. The molecule has 2 aromatic rings. The number of carbonyl (C=O) groups excluding carboxylic acids is 1. The number of amides is 1. The molecule has 0 aromatic heterocycles. The molecule has 0 saturated carbocycles. The first kappa shape index (κ1) is 18.7. The molecule has 2 rings (SSSR count). The van der Waals surface area contributed by atoms with E-state index in [4.69, 9.17) is 12.2 Å². The van der Waals surface area contributed by atoms with Gasteiger partial charge in [0.05, 0.1) is 0 Å². The molecule has 2 N–H and O–H groups in total. The molecule has 0 saturated heterocycles. The fourth-order valence-corrected chi connectivity index (χ4v) is 2.61. The fourth-order valence-electron chi connectivity index (χ4n) is 2.40. The Morgan fingerprint density at radius 3 is 2.28 bits per heavy atom. The number of nitrogens with one attached hydrogen (secondary N) is 2. The van der Waals surface area contributed by atoms with E-state index in [1.165, 1.54) is 6.08 Å². The first-order valence-electron chi connectivity index (χ1n) is 8.32. The van der Waals surface area contributed by atoms with Gasteiger partial charge in [-0.3, -0.25) is 10.1 Å². The molecule has 4 nitrogen and oxygen atoms in total. The molecule has 1 amide bonds. The first-order valence-corrected chi connectivity index (χ1v) is 8.73. The van der Waals surface area contributed by atoms with Crippen LogP contribution in [0.3, 0.4) is 0 Å². The summed E-state index contributed by atoms with van der Waals surface area (Å²) in [6.07, 6.45) is 3.21. The van der Waals surface area contributed by atoms with Gasteiger partial charge in [0.2, 0.25) is 5.91 Å². The zero-order valence-corrected chi connectivity index (χ0v) is 15.3. The third kappa shape index (κ3) is 6.04. The summed E-state index contributed by atoms with van der Waals surface area (Å²) in [7, 11) is 0. The molecular weight excluding hydrogens is 330 g/mol. The number of carbonyl (C=O) groups is 1. The van der Waals surface area contributed by atoms with Gasteiger partial charge in [-0.1, -0.05) is 30.3 Å². The Morgan fingerprint density at radius 1 is 1.04 bits per heavy atom. The van der Waals surface area contributed by atoms with Gasteiger partial charge in [0, 0.05) is 30.5 Å². The largest absolute Gasteiger partial charge is 0.372 e. The van der Waals surface area contributed by atoms with Gasteiger partial charge in [0.25, 0.3) is 0 Å². The van der Waals surface area contributed by atoms with Crippen molar-refractivity contribution in [3.05, 3.63) is 66.2 Å². The standard InChI is InChI=1S/C20H23N3OS/c1-3-23(4-2)18-13-11-17(12-14-18)21-20(25)22-19(24)15-10-16-8-6-5-7-9-16/h5-15H,3-4H2,1-2H3,(H2,21,22,24,25). The van der Waals surface area contributed by atoms with Gasteiger partial charge in [-0.05, 0) is 62.0 Å². The number of benzene rings is 2. The summed E-state index contributed by atoms with van der Waals surface area (Å²) in [6.45, 7) is 6.18. The minimum Gasteiger partial charge on any atom is -0.372 e. The summed E-state index contributed by atoms with van der Waals surface area (Å²) in [5.74, 6) is -0.263. The zero-order valence-electron chi connectivity index (χ0n) is 14.5. The van der Waals surface area contributed by atoms with Crippen LogP contribution in [0.5, 0.6) is 0 Å². The molecule has 5 heteroatoms. The molecule has 0 spiro atoms. The van der Waals surface area contributed by atoms with E-state index in [0.717, 1.165) is 30.0 Å². The highest BCUT2D eigenvalue weighted by molar-refractivity contribution is 7.80. The Balaban J connectivity index is 1.87. The number of hydrogen-bond donors (Lipinski definition) is 2. The maximum Gasteiger partial charge on any atom is 0.250 e. The lowest BCUT2D eigenvalue weighted by Gasteiger charge is -2.21. The molecule has 0 radical (unpaired) electrons. The number of rotatable bonds is 6. The van der Waals surface area contributed by atoms with Crippen LogP contribution < -0.4 is 15.5 Å². The lowest BCUT2D eigenvalue weighted by molar-refractivity contribution is -0.115. The SMILES string of the molecule is CCN(CC)c1ccc(NC(=S)NC(=O)C=Cc2ccccc2)cc1. The first-order chi connectivity index (χ1) is 12.1. The second-order valence-electron chi connectivity index (χ2n) is 5.41. The maximum absolute atomic E-state index is 11.9. The fraction of sp³-hybridized carbons (Fsp3) is 0.200. The summed E-state index contributed by atoms with van der Waals surface area (Å²) in [6, 6.07) is 17.6. The van der Waals surface area contributed by atoms with Crippen molar-refractivity contribution in [1.29, 1.82) is 0 Å². The third-order valence-corrected chi connectivity index (χ3v) is 3.92. The maximum atomic E-state index is 11.9. The van der Waals surface area contributed by atoms with Crippen molar-refractivity contribution in [1.82, 2.24) is 5.32 Å². The zero-order chi connectivity index (χ0) is 18.1. The van der Waals surface area contributed by atoms with E-state index >= 15 is 0 Å². The Hall–Kier alpha value is -2.66. The third-order valence-electron chi connectivity index (χ3n) is 3.72. The van der Waals surface area contributed by atoms with Crippen LogP contribution in [0.1, 0.15) is 19.4 Å². The van der Waals surface area contributed by atoms with Crippen molar-refractivity contribution in [2.75, 3.05) is 23.3 Å². The average Bonchev–Trinajstić information content (AvgIpc) is 2.63. The Kier molecular flexibility index (Phi) is 7.16. The van der Waals surface area contributed by atoms with Crippen LogP contribution in [0.15, 0.2) is 60.7 Å². The molecule has 0 bridgehead atoms. The normalized spacial score (nSPS) is 10.5. The lowest BCUT2D eigenvalue weighted by Crippen LogP contribution is -2.32. The van der Waals surface area contributed by atoms with Crippen LogP contribution in [0.4, 0.5) is 11.4 Å². The van der Waals surface area contributed by atoms with Crippen molar-refractivity contribution in [2.45, 2.75) is 13.8 Å². The minimum absolute atomic E-state index is 0.263. The molecule has 0 aliphatic heterocycles. The molecule has 0 atom stereocenters.